The Kier molecular flexibility index (Phi) is 6.25. The number of piperidine rings is 1. The van der Waals surface area contributed by atoms with Crippen LogP contribution in [0.1, 0.15) is 57.6 Å². The van der Waals surface area contributed by atoms with Crippen molar-refractivity contribution in [3.63, 3.8) is 0 Å². The van der Waals surface area contributed by atoms with E-state index in [9.17, 15) is 0 Å². The van der Waals surface area contributed by atoms with Gasteiger partial charge in [0.25, 0.3) is 0 Å². The Morgan fingerprint density at radius 3 is 2.19 bits per heavy atom. The SMILES string of the molecule is CC(C)NCC1CCN(Cc2ccc(C(C)C)cc2)CC1. The van der Waals surface area contributed by atoms with Crippen molar-refractivity contribution in [1.29, 1.82) is 0 Å². The summed E-state index contributed by atoms with van der Waals surface area (Å²) in [6, 6.07) is 9.81. The minimum Gasteiger partial charge on any atom is -0.314 e. The van der Waals surface area contributed by atoms with E-state index in [1.54, 1.807) is 0 Å². The van der Waals surface area contributed by atoms with Gasteiger partial charge in [0.2, 0.25) is 0 Å². The quantitative estimate of drug-likeness (QED) is 0.850. The fourth-order valence-corrected chi connectivity index (χ4v) is 3.02. The van der Waals surface area contributed by atoms with Crippen molar-refractivity contribution < 1.29 is 0 Å². The zero-order valence-electron chi connectivity index (χ0n) is 14.2. The van der Waals surface area contributed by atoms with Crippen LogP contribution >= 0.6 is 0 Å². The van der Waals surface area contributed by atoms with Gasteiger partial charge in [0.1, 0.15) is 0 Å². The maximum atomic E-state index is 3.58. The lowest BCUT2D eigenvalue weighted by Gasteiger charge is -2.32. The predicted octanol–water partition coefficient (Wildman–Crippen LogP) is 4.02. The second-order valence-corrected chi connectivity index (χ2v) is 7.18. The van der Waals surface area contributed by atoms with Crippen molar-refractivity contribution in [2.24, 2.45) is 5.92 Å². The minimum atomic E-state index is 0.613. The third-order valence-corrected chi connectivity index (χ3v) is 4.57. The molecule has 21 heavy (non-hydrogen) atoms. The van der Waals surface area contributed by atoms with Gasteiger partial charge in [0.15, 0.2) is 0 Å². The van der Waals surface area contributed by atoms with E-state index in [4.69, 9.17) is 0 Å². The van der Waals surface area contributed by atoms with E-state index >= 15 is 0 Å². The van der Waals surface area contributed by atoms with E-state index in [2.05, 4.69) is 62.2 Å². The van der Waals surface area contributed by atoms with Crippen molar-refractivity contribution in [3.05, 3.63) is 35.4 Å². The molecular weight excluding hydrogens is 256 g/mol. The first kappa shape index (κ1) is 16.5. The highest BCUT2D eigenvalue weighted by Gasteiger charge is 2.19. The number of likely N-dealkylation sites (tertiary alicyclic amines) is 1. The van der Waals surface area contributed by atoms with Gasteiger partial charge >= 0.3 is 0 Å². The Morgan fingerprint density at radius 1 is 1.05 bits per heavy atom. The highest BCUT2D eigenvalue weighted by atomic mass is 15.1. The molecule has 0 aliphatic carbocycles. The highest BCUT2D eigenvalue weighted by molar-refractivity contribution is 5.24. The van der Waals surface area contributed by atoms with Crippen LogP contribution in [0, 0.1) is 5.92 Å². The maximum Gasteiger partial charge on any atom is 0.0233 e. The first-order valence-corrected chi connectivity index (χ1v) is 8.59. The van der Waals surface area contributed by atoms with Gasteiger partial charge in [-0.05, 0) is 55.4 Å². The largest absolute Gasteiger partial charge is 0.314 e. The Balaban J connectivity index is 1.75. The molecule has 118 valence electrons. The third kappa shape index (κ3) is 5.44. The molecule has 0 aromatic heterocycles. The maximum absolute atomic E-state index is 3.58. The van der Waals surface area contributed by atoms with Crippen molar-refractivity contribution in [2.45, 2.75) is 59.0 Å². The molecule has 1 heterocycles. The number of hydrogen-bond acceptors (Lipinski definition) is 2. The Labute approximate surface area is 130 Å². The molecule has 0 saturated carbocycles. The van der Waals surface area contributed by atoms with Gasteiger partial charge in [-0.1, -0.05) is 52.0 Å². The van der Waals surface area contributed by atoms with Crippen molar-refractivity contribution >= 4 is 0 Å². The van der Waals surface area contributed by atoms with E-state index in [-0.39, 0.29) is 0 Å². The summed E-state index contributed by atoms with van der Waals surface area (Å²) in [4.78, 5) is 2.61. The molecule has 2 heteroatoms. The fourth-order valence-electron chi connectivity index (χ4n) is 3.02. The monoisotopic (exact) mass is 288 g/mol. The molecule has 0 spiro atoms. The highest BCUT2D eigenvalue weighted by Crippen LogP contribution is 2.20. The summed E-state index contributed by atoms with van der Waals surface area (Å²) in [6.45, 7) is 13.8. The summed E-state index contributed by atoms with van der Waals surface area (Å²) in [5, 5.41) is 3.58. The average molecular weight is 288 g/mol. The summed E-state index contributed by atoms with van der Waals surface area (Å²) in [5.41, 5.74) is 2.90. The lowest BCUT2D eigenvalue weighted by Crippen LogP contribution is -2.38. The Morgan fingerprint density at radius 2 is 1.67 bits per heavy atom. The number of nitrogens with zero attached hydrogens (tertiary/aromatic N) is 1. The topological polar surface area (TPSA) is 15.3 Å². The normalized spacial score (nSPS) is 17.8. The third-order valence-electron chi connectivity index (χ3n) is 4.57. The van der Waals surface area contributed by atoms with Gasteiger partial charge in [-0.3, -0.25) is 4.90 Å². The van der Waals surface area contributed by atoms with Crippen molar-refractivity contribution in [1.82, 2.24) is 10.2 Å². The molecule has 0 bridgehead atoms. The molecule has 1 N–H and O–H groups in total. The van der Waals surface area contributed by atoms with Gasteiger partial charge in [0, 0.05) is 12.6 Å². The lowest BCUT2D eigenvalue weighted by atomic mass is 9.96. The first-order valence-electron chi connectivity index (χ1n) is 8.59. The molecular formula is C19H32N2. The summed E-state index contributed by atoms with van der Waals surface area (Å²) in [5.74, 6) is 1.50. The van der Waals surface area contributed by atoms with Crippen molar-refractivity contribution in [2.75, 3.05) is 19.6 Å². The Bertz CT molecular complexity index is 400. The van der Waals surface area contributed by atoms with E-state index in [1.165, 1.54) is 43.6 Å². The van der Waals surface area contributed by atoms with Crippen LogP contribution in [-0.2, 0) is 6.54 Å². The van der Waals surface area contributed by atoms with E-state index in [1.807, 2.05) is 0 Å². The molecule has 1 aromatic rings. The molecule has 2 nitrogen and oxygen atoms in total. The van der Waals surface area contributed by atoms with Gasteiger partial charge < -0.3 is 5.32 Å². The van der Waals surface area contributed by atoms with Gasteiger partial charge in [-0.25, -0.2) is 0 Å². The fraction of sp³-hybridized carbons (Fsp3) is 0.684. The second-order valence-electron chi connectivity index (χ2n) is 7.18. The van der Waals surface area contributed by atoms with Gasteiger partial charge in [0.05, 0.1) is 0 Å². The molecule has 0 atom stereocenters. The van der Waals surface area contributed by atoms with Crippen LogP contribution in [0.15, 0.2) is 24.3 Å². The molecule has 0 amide bonds. The molecule has 1 aromatic carbocycles. The van der Waals surface area contributed by atoms with Crippen LogP contribution in [0.4, 0.5) is 0 Å². The van der Waals surface area contributed by atoms with Crippen LogP contribution in [0.2, 0.25) is 0 Å². The van der Waals surface area contributed by atoms with Gasteiger partial charge in [-0.2, -0.15) is 0 Å². The number of hydrogen-bond donors (Lipinski definition) is 1. The van der Waals surface area contributed by atoms with Crippen LogP contribution in [0.3, 0.4) is 0 Å². The number of nitrogens with one attached hydrogen (secondary N) is 1. The summed E-state index contributed by atoms with van der Waals surface area (Å²) in [7, 11) is 0. The van der Waals surface area contributed by atoms with E-state index in [0.29, 0.717) is 12.0 Å². The standard InChI is InChI=1S/C19H32N2/c1-15(2)19-7-5-18(6-8-19)14-21-11-9-17(10-12-21)13-20-16(3)4/h5-8,15-17,20H,9-14H2,1-4H3. The number of benzene rings is 1. The second kappa shape index (κ2) is 7.95. The zero-order valence-corrected chi connectivity index (χ0v) is 14.2. The van der Waals surface area contributed by atoms with E-state index < -0.39 is 0 Å². The average Bonchev–Trinajstić information content (AvgIpc) is 2.47. The van der Waals surface area contributed by atoms with Crippen LogP contribution in [0.5, 0.6) is 0 Å². The Hall–Kier alpha value is -0.860. The molecule has 0 unspecified atom stereocenters. The minimum absolute atomic E-state index is 0.613. The zero-order chi connectivity index (χ0) is 15.2. The van der Waals surface area contributed by atoms with E-state index in [0.717, 1.165) is 12.5 Å². The summed E-state index contributed by atoms with van der Waals surface area (Å²) < 4.78 is 0. The molecule has 1 saturated heterocycles. The summed E-state index contributed by atoms with van der Waals surface area (Å²) in [6.07, 6.45) is 2.67. The summed E-state index contributed by atoms with van der Waals surface area (Å²) >= 11 is 0. The van der Waals surface area contributed by atoms with Crippen LogP contribution < -0.4 is 5.32 Å². The molecule has 1 aliphatic rings. The molecule has 0 radical (unpaired) electrons. The smallest absolute Gasteiger partial charge is 0.0233 e. The van der Waals surface area contributed by atoms with Crippen molar-refractivity contribution in [3.8, 4) is 0 Å². The lowest BCUT2D eigenvalue weighted by molar-refractivity contribution is 0.174. The van der Waals surface area contributed by atoms with Crippen LogP contribution in [0.25, 0.3) is 0 Å². The molecule has 2 rings (SSSR count). The first-order chi connectivity index (χ1) is 10.0. The van der Waals surface area contributed by atoms with Crippen LogP contribution in [-0.4, -0.2) is 30.6 Å². The molecule has 1 aliphatic heterocycles. The van der Waals surface area contributed by atoms with Gasteiger partial charge in [-0.15, -0.1) is 0 Å². The number of rotatable bonds is 6. The predicted molar refractivity (Wildman–Crippen MR) is 91.7 cm³/mol. The molecule has 1 fully saturated rings.